The van der Waals surface area contributed by atoms with E-state index in [2.05, 4.69) is 168 Å². The van der Waals surface area contributed by atoms with E-state index in [0.717, 1.165) is 181 Å². The number of aliphatic hydroxyl groups excluding tert-OH is 2. The number of nitrogens with two attached hydrogens (primary N) is 5. The molecule has 29 nitrogen and oxygen atoms in total. The van der Waals surface area contributed by atoms with Gasteiger partial charge < -0.3 is 97.8 Å². The summed E-state index contributed by atoms with van der Waals surface area (Å²) >= 11 is 1.75. The van der Waals surface area contributed by atoms with Gasteiger partial charge in [-0.3, -0.25) is 0 Å². The van der Waals surface area contributed by atoms with Crippen LogP contribution in [-0.2, 0) is 32.7 Å². The Kier molecular flexibility index (Phi) is 34.5. The highest BCUT2D eigenvalue weighted by Crippen LogP contribution is 2.33. The fraction of sp³-hybridized carbons (Fsp3) is 0.376. The van der Waals surface area contributed by atoms with E-state index in [9.17, 15) is 19.0 Å². The number of ether oxygens (including phenoxy) is 2. The number of thiophene rings is 1. The van der Waals surface area contributed by atoms with Gasteiger partial charge in [0.15, 0.2) is 29.1 Å². The molecule has 15 aromatic rings. The summed E-state index contributed by atoms with van der Waals surface area (Å²) < 4.78 is 48.8. The third-order valence-corrected chi connectivity index (χ3v) is 22.0. The smallest absolute Gasteiger partial charge is 0.222 e. The first-order valence-corrected chi connectivity index (χ1v) is 44.0. The molecule has 4 atom stereocenters. The van der Waals surface area contributed by atoms with Gasteiger partial charge in [-0.2, -0.15) is 24.9 Å². The van der Waals surface area contributed by atoms with Crippen LogP contribution in [-0.4, -0.2) is 141 Å². The number of methoxy groups -OCH3 is 2. The first kappa shape index (κ1) is 92.8. The minimum absolute atomic E-state index is 0.0873. The Morgan fingerprint density at radius 1 is 0.368 bits per heavy atom. The first-order valence-electron chi connectivity index (χ1n) is 43.1. The van der Waals surface area contributed by atoms with Crippen molar-refractivity contribution in [2.75, 3.05) is 89.2 Å². The predicted molar refractivity (Wildman–Crippen MR) is 505 cm³/mol. The quantitative estimate of drug-likeness (QED) is 0.0160. The number of unbranched alkanes of at least 4 members (excludes halogenated alkanes) is 3. The van der Waals surface area contributed by atoms with Crippen molar-refractivity contribution >= 4 is 125 Å². The maximum atomic E-state index is 14.1. The van der Waals surface area contributed by atoms with Crippen molar-refractivity contribution in [1.82, 2.24) is 72.7 Å². The van der Waals surface area contributed by atoms with E-state index in [1.807, 2.05) is 119 Å². The number of fused-ring (bicyclic) bond motifs is 5. The Hall–Kier alpha value is -12.9. The number of aliphatic hydroxyl groups is 2. The monoisotopic (exact) mass is 1720 g/mol. The Morgan fingerprint density at radius 2 is 0.704 bits per heavy atom. The van der Waals surface area contributed by atoms with Crippen LogP contribution >= 0.6 is 11.3 Å². The minimum atomic E-state index is -0.244. The maximum Gasteiger partial charge on any atom is 0.222 e. The number of anilines is 10. The molecule has 11 heterocycles. The number of nitrogens with one attached hydrogen (secondary N) is 5. The fourth-order valence-electron chi connectivity index (χ4n) is 14.9. The van der Waals surface area contributed by atoms with Gasteiger partial charge in [0.1, 0.15) is 50.7 Å². The van der Waals surface area contributed by atoms with Gasteiger partial charge >= 0.3 is 0 Å². The summed E-state index contributed by atoms with van der Waals surface area (Å²) in [5.41, 5.74) is 41.4. The van der Waals surface area contributed by atoms with Crippen LogP contribution in [0.25, 0.3) is 55.2 Å². The molecule has 0 radical (unpaired) electrons. The summed E-state index contributed by atoms with van der Waals surface area (Å²) in [5.74, 6) is 6.15. The molecule has 15 rings (SSSR count). The van der Waals surface area contributed by atoms with Crippen molar-refractivity contribution in [2.24, 2.45) is 0 Å². The first-order chi connectivity index (χ1) is 60.7. The lowest BCUT2D eigenvalue weighted by Gasteiger charge is -2.20. The third-order valence-electron chi connectivity index (χ3n) is 21.1. The molecule has 0 aliphatic rings. The molecule has 17 N–H and O–H groups in total. The van der Waals surface area contributed by atoms with Gasteiger partial charge in [-0.25, -0.2) is 33.7 Å². The highest BCUT2D eigenvalue weighted by molar-refractivity contribution is 7.09. The van der Waals surface area contributed by atoms with E-state index in [4.69, 9.17) is 38.1 Å². The third kappa shape index (κ3) is 25.8. The Balaban J connectivity index is 0.000000152. The van der Waals surface area contributed by atoms with Crippen LogP contribution in [0.5, 0.6) is 11.5 Å². The molecule has 662 valence electrons. The van der Waals surface area contributed by atoms with Crippen LogP contribution in [0.1, 0.15) is 165 Å². The Labute approximate surface area is 733 Å². The predicted octanol–water partition coefficient (Wildman–Crippen LogP) is 17.8. The molecular weight excluding hydrogens is 1600 g/mol. The van der Waals surface area contributed by atoms with E-state index in [-0.39, 0.29) is 60.8 Å². The molecule has 0 fully saturated rings. The lowest BCUT2D eigenvalue weighted by Crippen LogP contribution is -2.22. The molecule has 0 amide bonds. The van der Waals surface area contributed by atoms with E-state index < -0.39 is 0 Å². The van der Waals surface area contributed by atoms with Crippen molar-refractivity contribution in [3.8, 4) is 11.5 Å². The topological polar surface area (TPSA) is 403 Å². The number of halogens is 2. The molecule has 0 saturated carbocycles. The van der Waals surface area contributed by atoms with Crippen LogP contribution in [0.4, 0.5) is 67.6 Å². The highest BCUT2D eigenvalue weighted by atomic mass is 32.1. The molecule has 0 saturated heterocycles. The Bertz CT molecular complexity index is 5840. The van der Waals surface area contributed by atoms with Crippen molar-refractivity contribution in [1.29, 1.82) is 0 Å². The van der Waals surface area contributed by atoms with Gasteiger partial charge in [0.25, 0.3) is 0 Å². The zero-order chi connectivity index (χ0) is 88.7. The summed E-state index contributed by atoms with van der Waals surface area (Å²) in [6, 6.07) is 44.3. The summed E-state index contributed by atoms with van der Waals surface area (Å²) in [4.78, 5) is 45.0. The van der Waals surface area contributed by atoms with Crippen molar-refractivity contribution < 1.29 is 28.5 Å². The summed E-state index contributed by atoms with van der Waals surface area (Å²) in [5, 5.41) is 38.1. The minimum Gasteiger partial charge on any atom is -0.497 e. The highest BCUT2D eigenvalue weighted by Gasteiger charge is 2.22. The molecule has 0 aliphatic carbocycles. The molecule has 0 bridgehead atoms. The summed E-state index contributed by atoms with van der Waals surface area (Å²) in [6.07, 6.45) is 23.9. The van der Waals surface area contributed by atoms with E-state index in [1.54, 1.807) is 49.8 Å². The SMILES string of the molecule is CCCC(C)Nc1nc(N)nc2ccn(Cc3ccc(OC)cc3)c12.CCCC(C)Nc1nc(N)nc2ccn(Cc3ccccc3F)c12.CCCCNc1nc(N)nc2ccn(Cc3cccs3)c12.CCCC[C@@H](CCO)Nc1nc(N)nc2ccn(Cc3ccc(OC)cc3)c12.CCCC[C@@H](CCO)Nc1nc(N)nc2ccn(Cc3ccccc3F)c12. The average Bonchev–Trinajstić information content (AvgIpc) is 1.69. The van der Waals surface area contributed by atoms with Gasteiger partial charge in [0, 0.05) is 104 Å². The molecule has 0 spiro atoms. The molecule has 11 aromatic heterocycles. The molecule has 2 unspecified atom stereocenters. The van der Waals surface area contributed by atoms with Crippen molar-refractivity contribution in [3.05, 3.63) is 215 Å². The zero-order valence-electron chi connectivity index (χ0n) is 73.1. The van der Waals surface area contributed by atoms with Gasteiger partial charge in [0.05, 0.1) is 61.4 Å². The Morgan fingerprint density at radius 3 is 1.03 bits per heavy atom. The second-order valence-electron chi connectivity index (χ2n) is 30.9. The van der Waals surface area contributed by atoms with E-state index in [0.29, 0.717) is 78.7 Å². The number of hydrogen-bond donors (Lipinski definition) is 12. The maximum absolute atomic E-state index is 14.1. The van der Waals surface area contributed by atoms with Crippen LogP contribution in [0, 0.1) is 11.6 Å². The number of nitrogen functional groups attached to an aromatic ring is 5. The van der Waals surface area contributed by atoms with Crippen molar-refractivity contribution in [3.63, 3.8) is 0 Å². The van der Waals surface area contributed by atoms with Crippen LogP contribution in [0.3, 0.4) is 0 Å². The molecular formula is C93H121F2N25O4S. The number of nitrogens with zero attached hydrogens (tertiary/aromatic N) is 15. The second kappa shape index (κ2) is 46.5. The lowest BCUT2D eigenvalue weighted by atomic mass is 10.1. The second-order valence-corrected chi connectivity index (χ2v) is 32.0. The standard InChI is InChI=1S/C21H29N5O2.C20H26FN5O.C19H25N5O.C18H22FN5.C15H19N5S/c1-3-4-5-16(11-13-27)23-20-19-18(24-21(22)25-20)10-12-26(19)14-15-6-8-17(28-2)9-7-15;1-2-3-7-15(10-12-27)23-19-18-17(24-20(22)25-19)9-11-26(18)13-14-6-4-5-8-16(14)21;1-4-5-13(2)21-18-17-16(22-19(20)23-18)10-11-24(17)12-14-6-8-15(25-3)9-7-14;1-3-6-12(2)21-17-16-15(22-18(20)23-17)9-10-24(16)11-13-7-4-5-8-14(13)19;1-2-3-7-17-14-13-12(18-15(16)19-14)6-8-20(13)10-11-5-4-9-21-11/h6-10,12,16,27H,3-5,11,13-14H2,1-2H3,(H3,22,23,24,25);4-6,8-9,11,15,27H,2-3,7,10,12-13H2,1H3,(H3,22,23,24,25);6-11,13H,4-5,12H2,1-3H3,(H3,20,21,22,23);4-5,7-10,12H,3,6,11H2,1-2H3,(H3,20,21,22,23);4-6,8-9H,2-3,7,10H2,1H3,(H3,16,17,18,19)/t16-;15-;;;/m00.../s1. The number of benzene rings is 4. The van der Waals surface area contributed by atoms with Gasteiger partial charge in [-0.15, -0.1) is 11.3 Å². The zero-order valence-corrected chi connectivity index (χ0v) is 73.9. The van der Waals surface area contributed by atoms with Gasteiger partial charge in [-0.1, -0.05) is 146 Å². The largest absolute Gasteiger partial charge is 0.497 e. The molecule has 4 aromatic carbocycles. The summed E-state index contributed by atoms with van der Waals surface area (Å²) in [6.45, 7) is 19.2. The number of hydrogen-bond acceptors (Lipinski definition) is 25. The molecule has 0 aliphatic heterocycles. The van der Waals surface area contributed by atoms with Crippen LogP contribution < -0.4 is 64.7 Å². The molecule has 125 heavy (non-hydrogen) atoms. The van der Waals surface area contributed by atoms with E-state index in [1.165, 1.54) is 22.6 Å². The van der Waals surface area contributed by atoms with Crippen molar-refractivity contribution in [2.45, 2.75) is 195 Å². The summed E-state index contributed by atoms with van der Waals surface area (Å²) in [7, 11) is 3.33. The van der Waals surface area contributed by atoms with Gasteiger partial charge in [-0.05, 0) is 148 Å². The van der Waals surface area contributed by atoms with Gasteiger partial charge in [0.2, 0.25) is 29.7 Å². The normalized spacial score (nSPS) is 12.1. The lowest BCUT2D eigenvalue weighted by molar-refractivity contribution is 0.275. The fourth-order valence-corrected chi connectivity index (χ4v) is 15.6. The molecule has 32 heteroatoms. The average molecular weight is 1720 g/mol. The number of rotatable bonds is 38. The van der Waals surface area contributed by atoms with Crippen LogP contribution in [0.2, 0.25) is 0 Å². The number of aromatic nitrogens is 15. The van der Waals surface area contributed by atoms with Crippen LogP contribution in [0.15, 0.2) is 176 Å². The van der Waals surface area contributed by atoms with E-state index >= 15 is 0 Å².